The van der Waals surface area contributed by atoms with Crippen LogP contribution < -0.4 is 0 Å². The van der Waals surface area contributed by atoms with Crippen LogP contribution in [0.2, 0.25) is 0 Å². The number of ether oxygens (including phenoxy) is 2. The van der Waals surface area contributed by atoms with Gasteiger partial charge in [-0.15, -0.1) is 0 Å². The number of likely N-dealkylation sites (N-methyl/N-ethyl adjacent to an activating group) is 1. The SMILES string of the molecule is COC[C@@H]1C[C@H](OC)CN1C. The quantitative estimate of drug-likeness (QED) is 0.593. The van der Waals surface area contributed by atoms with Crippen LogP contribution in [0.25, 0.3) is 0 Å². The van der Waals surface area contributed by atoms with Crippen molar-refractivity contribution in [1.29, 1.82) is 0 Å². The van der Waals surface area contributed by atoms with Gasteiger partial charge in [-0.25, -0.2) is 0 Å². The summed E-state index contributed by atoms with van der Waals surface area (Å²) in [5.74, 6) is 0. The molecule has 1 heterocycles. The van der Waals surface area contributed by atoms with E-state index in [4.69, 9.17) is 9.47 Å². The fraction of sp³-hybridized carbons (Fsp3) is 1.00. The van der Waals surface area contributed by atoms with Gasteiger partial charge in [-0.1, -0.05) is 0 Å². The van der Waals surface area contributed by atoms with Gasteiger partial charge in [0, 0.05) is 26.8 Å². The average molecular weight is 159 g/mol. The van der Waals surface area contributed by atoms with E-state index >= 15 is 0 Å². The summed E-state index contributed by atoms with van der Waals surface area (Å²) in [5.41, 5.74) is 0. The van der Waals surface area contributed by atoms with Crippen LogP contribution in [-0.4, -0.2) is 51.5 Å². The van der Waals surface area contributed by atoms with Crippen LogP contribution in [0.1, 0.15) is 6.42 Å². The lowest BCUT2D eigenvalue weighted by atomic mass is 10.2. The Balaban J connectivity index is 2.32. The van der Waals surface area contributed by atoms with Crippen molar-refractivity contribution in [2.24, 2.45) is 0 Å². The zero-order valence-corrected chi connectivity index (χ0v) is 7.54. The van der Waals surface area contributed by atoms with E-state index in [1.165, 1.54) is 0 Å². The van der Waals surface area contributed by atoms with Gasteiger partial charge in [0.1, 0.15) is 0 Å². The number of methoxy groups -OCH3 is 2. The molecule has 0 aromatic heterocycles. The van der Waals surface area contributed by atoms with E-state index in [1.807, 2.05) is 0 Å². The molecular weight excluding hydrogens is 142 g/mol. The molecule has 0 aliphatic carbocycles. The molecule has 0 N–H and O–H groups in total. The molecule has 0 amide bonds. The zero-order chi connectivity index (χ0) is 8.27. The summed E-state index contributed by atoms with van der Waals surface area (Å²) < 4.78 is 10.4. The molecule has 1 aliphatic heterocycles. The first-order valence-electron chi connectivity index (χ1n) is 4.00. The molecule has 0 aromatic rings. The largest absolute Gasteiger partial charge is 0.383 e. The van der Waals surface area contributed by atoms with Gasteiger partial charge >= 0.3 is 0 Å². The summed E-state index contributed by atoms with van der Waals surface area (Å²) in [4.78, 5) is 2.29. The maximum absolute atomic E-state index is 5.26. The van der Waals surface area contributed by atoms with Crippen LogP contribution in [0.15, 0.2) is 0 Å². The van der Waals surface area contributed by atoms with Crippen molar-refractivity contribution < 1.29 is 9.47 Å². The fourth-order valence-electron chi connectivity index (χ4n) is 1.59. The monoisotopic (exact) mass is 159 g/mol. The second-order valence-corrected chi connectivity index (χ2v) is 3.14. The lowest BCUT2D eigenvalue weighted by Gasteiger charge is -2.16. The number of likely N-dealkylation sites (tertiary alicyclic amines) is 1. The molecule has 0 radical (unpaired) electrons. The molecule has 0 unspecified atom stereocenters. The van der Waals surface area contributed by atoms with Crippen molar-refractivity contribution in [2.45, 2.75) is 18.6 Å². The molecule has 3 heteroatoms. The third-order valence-electron chi connectivity index (χ3n) is 2.34. The molecule has 1 aliphatic rings. The van der Waals surface area contributed by atoms with E-state index in [2.05, 4.69) is 11.9 Å². The predicted octanol–water partition coefficient (Wildman–Crippen LogP) is 0.352. The third kappa shape index (κ3) is 2.15. The van der Waals surface area contributed by atoms with Crippen molar-refractivity contribution in [3.8, 4) is 0 Å². The molecule has 0 spiro atoms. The van der Waals surface area contributed by atoms with Crippen LogP contribution in [0.3, 0.4) is 0 Å². The first-order chi connectivity index (χ1) is 5.27. The molecule has 0 bridgehead atoms. The highest BCUT2D eigenvalue weighted by Crippen LogP contribution is 2.17. The predicted molar refractivity (Wildman–Crippen MR) is 43.7 cm³/mol. The van der Waals surface area contributed by atoms with Crippen molar-refractivity contribution in [3.05, 3.63) is 0 Å². The van der Waals surface area contributed by atoms with Gasteiger partial charge in [0.25, 0.3) is 0 Å². The van der Waals surface area contributed by atoms with Gasteiger partial charge in [-0.05, 0) is 13.5 Å². The van der Waals surface area contributed by atoms with E-state index in [0.717, 1.165) is 19.6 Å². The Morgan fingerprint density at radius 3 is 2.64 bits per heavy atom. The van der Waals surface area contributed by atoms with E-state index in [9.17, 15) is 0 Å². The smallest absolute Gasteiger partial charge is 0.0714 e. The summed E-state index contributed by atoms with van der Waals surface area (Å²) in [6, 6.07) is 0.546. The van der Waals surface area contributed by atoms with Gasteiger partial charge in [-0.2, -0.15) is 0 Å². The van der Waals surface area contributed by atoms with E-state index < -0.39 is 0 Å². The Morgan fingerprint density at radius 2 is 2.18 bits per heavy atom. The second kappa shape index (κ2) is 4.04. The summed E-state index contributed by atoms with van der Waals surface area (Å²) in [7, 11) is 5.63. The Labute approximate surface area is 68.3 Å². The van der Waals surface area contributed by atoms with Crippen molar-refractivity contribution in [1.82, 2.24) is 4.90 Å². The lowest BCUT2D eigenvalue weighted by Crippen LogP contribution is -2.28. The van der Waals surface area contributed by atoms with Gasteiger partial charge in [0.2, 0.25) is 0 Å². The standard InChI is InChI=1S/C8H17NO2/c1-9-5-8(11-3)4-7(9)6-10-2/h7-8H,4-6H2,1-3H3/t7-,8-/m0/s1. The van der Waals surface area contributed by atoms with Crippen LogP contribution in [0.5, 0.6) is 0 Å². The Morgan fingerprint density at radius 1 is 1.45 bits per heavy atom. The summed E-state index contributed by atoms with van der Waals surface area (Å²) in [6.45, 7) is 1.85. The molecular formula is C8H17NO2. The Bertz CT molecular complexity index is 119. The molecule has 66 valence electrons. The average Bonchev–Trinajstić information content (AvgIpc) is 2.33. The topological polar surface area (TPSA) is 21.7 Å². The van der Waals surface area contributed by atoms with Gasteiger partial charge < -0.3 is 9.47 Å². The summed E-state index contributed by atoms with van der Waals surface area (Å²) in [5, 5.41) is 0. The first-order valence-corrected chi connectivity index (χ1v) is 4.00. The Hall–Kier alpha value is -0.120. The Kier molecular flexibility index (Phi) is 3.30. The van der Waals surface area contributed by atoms with E-state index in [-0.39, 0.29) is 0 Å². The van der Waals surface area contributed by atoms with Crippen LogP contribution in [0.4, 0.5) is 0 Å². The number of hydrogen-bond donors (Lipinski definition) is 0. The highest BCUT2D eigenvalue weighted by Gasteiger charge is 2.28. The van der Waals surface area contributed by atoms with Gasteiger partial charge in [0.05, 0.1) is 12.7 Å². The second-order valence-electron chi connectivity index (χ2n) is 3.14. The molecule has 0 aromatic carbocycles. The first kappa shape index (κ1) is 8.97. The van der Waals surface area contributed by atoms with Crippen LogP contribution in [0, 0.1) is 0 Å². The van der Waals surface area contributed by atoms with Gasteiger partial charge in [-0.3, -0.25) is 4.90 Å². The van der Waals surface area contributed by atoms with Crippen molar-refractivity contribution in [3.63, 3.8) is 0 Å². The maximum Gasteiger partial charge on any atom is 0.0714 e. The summed E-state index contributed by atoms with van der Waals surface area (Å²) in [6.07, 6.45) is 1.50. The van der Waals surface area contributed by atoms with Gasteiger partial charge in [0.15, 0.2) is 0 Å². The molecule has 1 fully saturated rings. The van der Waals surface area contributed by atoms with Crippen molar-refractivity contribution in [2.75, 3.05) is 34.4 Å². The highest BCUT2D eigenvalue weighted by atomic mass is 16.5. The van der Waals surface area contributed by atoms with Crippen LogP contribution in [-0.2, 0) is 9.47 Å². The minimum Gasteiger partial charge on any atom is -0.383 e. The molecule has 0 saturated carbocycles. The molecule has 2 atom stereocenters. The van der Waals surface area contributed by atoms with E-state index in [1.54, 1.807) is 14.2 Å². The van der Waals surface area contributed by atoms with Crippen LogP contribution >= 0.6 is 0 Å². The normalized spacial score (nSPS) is 33.0. The van der Waals surface area contributed by atoms with Crippen molar-refractivity contribution >= 4 is 0 Å². The minimum absolute atomic E-state index is 0.403. The van der Waals surface area contributed by atoms with E-state index in [0.29, 0.717) is 12.1 Å². The number of rotatable bonds is 3. The fourth-order valence-corrected chi connectivity index (χ4v) is 1.59. The third-order valence-corrected chi connectivity index (χ3v) is 2.34. The molecule has 1 saturated heterocycles. The molecule has 3 nitrogen and oxygen atoms in total. The molecule has 11 heavy (non-hydrogen) atoms. The lowest BCUT2D eigenvalue weighted by molar-refractivity contribution is 0.110. The zero-order valence-electron chi connectivity index (χ0n) is 7.54. The maximum atomic E-state index is 5.26. The highest BCUT2D eigenvalue weighted by molar-refractivity contribution is 4.83. The minimum atomic E-state index is 0.403. The number of hydrogen-bond acceptors (Lipinski definition) is 3. The summed E-state index contributed by atoms with van der Waals surface area (Å²) >= 11 is 0. The molecule has 1 rings (SSSR count). The number of nitrogens with zero attached hydrogens (tertiary/aromatic N) is 1.